The van der Waals surface area contributed by atoms with Crippen LogP contribution in [0, 0.1) is 12.8 Å². The smallest absolute Gasteiger partial charge is 0.251 e. The fourth-order valence-electron chi connectivity index (χ4n) is 2.69. The Balaban J connectivity index is 2.14. The number of carbonyl (C=O) groups excluding carboxylic acids is 1. The van der Waals surface area contributed by atoms with Gasteiger partial charge in [-0.2, -0.15) is 0 Å². The lowest BCUT2D eigenvalue weighted by Gasteiger charge is -2.36. The third kappa shape index (κ3) is 3.10. The van der Waals surface area contributed by atoms with E-state index in [1.165, 1.54) is 0 Å². The second-order valence-corrected chi connectivity index (χ2v) is 5.83. The van der Waals surface area contributed by atoms with E-state index in [9.17, 15) is 4.79 Å². The van der Waals surface area contributed by atoms with Crippen molar-refractivity contribution in [2.24, 2.45) is 5.92 Å². The monoisotopic (exact) mass is 280 g/mol. The van der Waals surface area contributed by atoms with E-state index in [-0.39, 0.29) is 11.9 Å². The van der Waals surface area contributed by atoms with Gasteiger partial charge in [-0.05, 0) is 50.4 Å². The molecule has 104 valence electrons. The first kappa shape index (κ1) is 14.4. The van der Waals surface area contributed by atoms with Crippen molar-refractivity contribution >= 4 is 17.5 Å². The van der Waals surface area contributed by atoms with Gasteiger partial charge in [0.25, 0.3) is 5.91 Å². The summed E-state index contributed by atoms with van der Waals surface area (Å²) in [6.07, 6.45) is 1.09. The quantitative estimate of drug-likeness (QED) is 0.875. The molecule has 1 aromatic carbocycles. The first-order valence-corrected chi connectivity index (χ1v) is 7.18. The van der Waals surface area contributed by atoms with Crippen molar-refractivity contribution in [1.82, 2.24) is 10.6 Å². The highest BCUT2D eigenvalue weighted by Crippen LogP contribution is 2.20. The molecule has 0 aromatic heterocycles. The molecule has 4 heteroatoms. The van der Waals surface area contributed by atoms with E-state index in [1.807, 2.05) is 19.1 Å². The van der Waals surface area contributed by atoms with E-state index < -0.39 is 0 Å². The number of amides is 1. The fourth-order valence-corrected chi connectivity index (χ4v) is 2.86. The molecule has 1 heterocycles. The van der Waals surface area contributed by atoms with Crippen LogP contribution >= 0.6 is 11.6 Å². The Bertz CT molecular complexity index is 465. The van der Waals surface area contributed by atoms with Gasteiger partial charge in [-0.15, -0.1) is 0 Å². The van der Waals surface area contributed by atoms with E-state index >= 15 is 0 Å². The largest absolute Gasteiger partial charge is 0.347 e. The summed E-state index contributed by atoms with van der Waals surface area (Å²) in [6, 6.07) is 5.91. The highest BCUT2D eigenvalue weighted by molar-refractivity contribution is 6.31. The topological polar surface area (TPSA) is 41.1 Å². The zero-order chi connectivity index (χ0) is 14.0. The van der Waals surface area contributed by atoms with E-state index in [1.54, 1.807) is 6.07 Å². The molecule has 1 amide bonds. The van der Waals surface area contributed by atoms with Crippen molar-refractivity contribution in [3.63, 3.8) is 0 Å². The molecule has 1 aliphatic rings. The molecule has 0 radical (unpaired) electrons. The predicted molar refractivity (Wildman–Crippen MR) is 78.7 cm³/mol. The van der Waals surface area contributed by atoms with Gasteiger partial charge in [0.2, 0.25) is 0 Å². The molecule has 1 saturated heterocycles. The highest BCUT2D eigenvalue weighted by atomic mass is 35.5. The van der Waals surface area contributed by atoms with Crippen molar-refractivity contribution in [2.45, 2.75) is 39.3 Å². The Hall–Kier alpha value is -1.06. The third-order valence-electron chi connectivity index (χ3n) is 4.03. The summed E-state index contributed by atoms with van der Waals surface area (Å²) in [5.74, 6) is 0.451. The molecule has 1 fully saturated rings. The average Bonchev–Trinajstić information content (AvgIpc) is 2.37. The van der Waals surface area contributed by atoms with Crippen LogP contribution in [-0.4, -0.2) is 24.5 Å². The van der Waals surface area contributed by atoms with Crippen molar-refractivity contribution in [3.8, 4) is 0 Å². The molecule has 3 nitrogen and oxygen atoms in total. The maximum Gasteiger partial charge on any atom is 0.251 e. The van der Waals surface area contributed by atoms with Gasteiger partial charge in [-0.3, -0.25) is 4.79 Å². The molecule has 19 heavy (non-hydrogen) atoms. The van der Waals surface area contributed by atoms with Gasteiger partial charge in [-0.1, -0.05) is 24.6 Å². The Morgan fingerprint density at radius 2 is 2.16 bits per heavy atom. The Kier molecular flexibility index (Phi) is 4.48. The lowest BCUT2D eigenvalue weighted by molar-refractivity contribution is 0.0897. The molecular weight excluding hydrogens is 260 g/mol. The molecule has 0 bridgehead atoms. The minimum atomic E-state index is -0.0348. The van der Waals surface area contributed by atoms with E-state index in [0.717, 1.165) is 18.5 Å². The highest BCUT2D eigenvalue weighted by Gasteiger charge is 2.29. The van der Waals surface area contributed by atoms with Gasteiger partial charge >= 0.3 is 0 Å². The average molecular weight is 281 g/mol. The number of halogens is 1. The van der Waals surface area contributed by atoms with Crippen LogP contribution in [-0.2, 0) is 0 Å². The first-order valence-electron chi connectivity index (χ1n) is 6.80. The summed E-state index contributed by atoms with van der Waals surface area (Å²) in [7, 11) is 0. The summed E-state index contributed by atoms with van der Waals surface area (Å²) < 4.78 is 0. The molecule has 0 saturated carbocycles. The predicted octanol–water partition coefficient (Wildman–Crippen LogP) is 2.76. The van der Waals surface area contributed by atoms with Crippen LogP contribution < -0.4 is 10.6 Å². The zero-order valence-corrected chi connectivity index (χ0v) is 12.4. The minimum Gasteiger partial charge on any atom is -0.347 e. The molecule has 2 rings (SSSR count). The number of carbonyl (C=O) groups is 1. The van der Waals surface area contributed by atoms with E-state index in [0.29, 0.717) is 22.5 Å². The van der Waals surface area contributed by atoms with E-state index in [2.05, 4.69) is 24.5 Å². The zero-order valence-electron chi connectivity index (χ0n) is 11.7. The lowest BCUT2D eigenvalue weighted by atomic mass is 9.89. The van der Waals surface area contributed by atoms with Crippen LogP contribution in [0.15, 0.2) is 18.2 Å². The Morgan fingerprint density at radius 1 is 1.42 bits per heavy atom. The van der Waals surface area contributed by atoms with Crippen molar-refractivity contribution in [3.05, 3.63) is 34.3 Å². The number of hydrogen-bond donors (Lipinski definition) is 2. The number of piperidine rings is 1. The van der Waals surface area contributed by atoms with Crippen molar-refractivity contribution < 1.29 is 4.79 Å². The fraction of sp³-hybridized carbons (Fsp3) is 0.533. The van der Waals surface area contributed by atoms with Gasteiger partial charge in [0, 0.05) is 22.7 Å². The number of rotatable bonds is 2. The first-order chi connectivity index (χ1) is 9.00. The summed E-state index contributed by atoms with van der Waals surface area (Å²) in [4.78, 5) is 12.4. The lowest BCUT2D eigenvalue weighted by Crippen LogP contribution is -2.56. The van der Waals surface area contributed by atoms with Crippen molar-refractivity contribution in [2.75, 3.05) is 6.54 Å². The SMILES string of the molecule is Cc1c(Cl)cccc1C(=O)NC1C(C)CCNC1C. The standard InChI is InChI=1S/C15H21ClN2O/c1-9-7-8-17-11(3)14(9)18-15(19)12-5-4-6-13(16)10(12)2/h4-6,9,11,14,17H,7-8H2,1-3H3,(H,18,19). The number of nitrogens with one attached hydrogen (secondary N) is 2. The second kappa shape index (κ2) is 5.93. The van der Waals surface area contributed by atoms with Gasteiger partial charge in [0.05, 0.1) is 0 Å². The summed E-state index contributed by atoms with van der Waals surface area (Å²) >= 11 is 6.07. The summed E-state index contributed by atoms with van der Waals surface area (Å²) in [6.45, 7) is 7.20. The maximum atomic E-state index is 12.4. The van der Waals surface area contributed by atoms with Gasteiger partial charge in [0.15, 0.2) is 0 Å². The normalized spacial score (nSPS) is 27.1. The summed E-state index contributed by atoms with van der Waals surface area (Å²) in [5, 5.41) is 7.18. The third-order valence-corrected chi connectivity index (χ3v) is 4.44. The second-order valence-electron chi connectivity index (χ2n) is 5.42. The van der Waals surface area contributed by atoms with Crippen LogP contribution in [0.5, 0.6) is 0 Å². The van der Waals surface area contributed by atoms with Crippen molar-refractivity contribution in [1.29, 1.82) is 0 Å². The molecule has 1 aromatic rings. The van der Waals surface area contributed by atoms with Crippen LogP contribution in [0.2, 0.25) is 5.02 Å². The summed E-state index contributed by atoms with van der Waals surface area (Å²) in [5.41, 5.74) is 1.50. The van der Waals surface area contributed by atoms with Crippen LogP contribution in [0.1, 0.15) is 36.2 Å². The van der Waals surface area contributed by atoms with Gasteiger partial charge in [0.1, 0.15) is 0 Å². The molecule has 3 atom stereocenters. The van der Waals surface area contributed by atoms with E-state index in [4.69, 9.17) is 11.6 Å². The molecule has 2 N–H and O–H groups in total. The Morgan fingerprint density at radius 3 is 2.84 bits per heavy atom. The maximum absolute atomic E-state index is 12.4. The molecule has 0 aliphatic carbocycles. The van der Waals surface area contributed by atoms with Gasteiger partial charge in [-0.25, -0.2) is 0 Å². The number of benzene rings is 1. The van der Waals surface area contributed by atoms with Crippen LogP contribution in [0.25, 0.3) is 0 Å². The molecular formula is C15H21ClN2O. The Labute approximate surface area is 119 Å². The van der Waals surface area contributed by atoms with Crippen LogP contribution in [0.3, 0.4) is 0 Å². The molecule has 3 unspecified atom stereocenters. The minimum absolute atomic E-state index is 0.0348. The van der Waals surface area contributed by atoms with Crippen LogP contribution in [0.4, 0.5) is 0 Å². The van der Waals surface area contributed by atoms with Gasteiger partial charge < -0.3 is 10.6 Å². The number of hydrogen-bond acceptors (Lipinski definition) is 2. The molecule has 1 aliphatic heterocycles. The molecule has 0 spiro atoms.